The first-order valence-corrected chi connectivity index (χ1v) is 15.2. The van der Waals surface area contributed by atoms with Crippen LogP contribution >= 0.6 is 11.6 Å². The number of fused-ring (bicyclic) bond motifs is 3. The maximum absolute atomic E-state index is 14.3. The van der Waals surface area contributed by atoms with Gasteiger partial charge >= 0.3 is 0 Å². The van der Waals surface area contributed by atoms with Crippen molar-refractivity contribution < 1.29 is 17.2 Å². The van der Waals surface area contributed by atoms with Crippen LogP contribution in [-0.2, 0) is 16.9 Å². The van der Waals surface area contributed by atoms with Gasteiger partial charge in [-0.25, -0.2) is 26.9 Å². The Morgan fingerprint density at radius 3 is 2.42 bits per heavy atom. The van der Waals surface area contributed by atoms with Crippen molar-refractivity contribution in [2.45, 2.75) is 49.5 Å². The fourth-order valence-electron chi connectivity index (χ4n) is 6.07. The van der Waals surface area contributed by atoms with Crippen molar-refractivity contribution in [1.82, 2.24) is 29.5 Å². The lowest BCUT2D eigenvalue weighted by atomic mass is 9.79. The Kier molecular flexibility index (Phi) is 6.42. The molecule has 0 N–H and O–H groups in total. The first-order chi connectivity index (χ1) is 19.0. The summed E-state index contributed by atoms with van der Waals surface area (Å²) in [7, 11) is -1.98. The molecule has 1 aromatic carbocycles. The Morgan fingerprint density at radius 2 is 1.80 bits per heavy atom. The highest BCUT2D eigenvalue weighted by atomic mass is 35.5. The predicted octanol–water partition coefficient (Wildman–Crippen LogP) is 6.16. The minimum Gasteiger partial charge on any atom is -0.330 e. The van der Waals surface area contributed by atoms with E-state index in [4.69, 9.17) is 16.6 Å². The molecule has 4 heterocycles. The molecule has 4 aromatic heterocycles. The lowest BCUT2D eigenvalue weighted by molar-refractivity contribution is -0.0493. The lowest BCUT2D eigenvalue weighted by Gasteiger charge is -2.36. The van der Waals surface area contributed by atoms with Gasteiger partial charge in [0.15, 0.2) is 9.84 Å². The third kappa shape index (κ3) is 4.45. The van der Waals surface area contributed by atoms with Crippen molar-refractivity contribution in [2.24, 2.45) is 13.0 Å². The summed E-state index contributed by atoms with van der Waals surface area (Å²) in [5.41, 5.74) is 4.55. The van der Waals surface area contributed by atoms with E-state index < -0.39 is 21.8 Å². The summed E-state index contributed by atoms with van der Waals surface area (Å²) in [6, 6.07) is 11.0. The van der Waals surface area contributed by atoms with Crippen molar-refractivity contribution >= 4 is 43.4 Å². The Hall–Kier alpha value is -3.44. The minimum atomic E-state index is -3.76. The molecular formula is C28H27ClF2N6O2S. The van der Waals surface area contributed by atoms with E-state index in [1.807, 2.05) is 47.9 Å². The van der Waals surface area contributed by atoms with E-state index in [9.17, 15) is 17.2 Å². The Bertz CT molecular complexity index is 1840. The standard InChI is InChI=1S/C28H27ClF2N6O2S/c1-16-24(36(2)35-34-16)19-13-20-23(32-14-19)22-26(21(40(3,38)39)15-33-27(22)29)37(20)25(17-7-5-4-6-8-17)18-9-11-28(30,31)12-10-18/h4-8,13-15,18,25H,9-12H2,1-3H3. The summed E-state index contributed by atoms with van der Waals surface area (Å²) in [5.74, 6) is -2.91. The molecule has 1 aliphatic carbocycles. The predicted molar refractivity (Wildman–Crippen MR) is 149 cm³/mol. The number of alkyl halides is 2. The van der Waals surface area contributed by atoms with Crippen LogP contribution in [-0.4, -0.2) is 50.1 Å². The third-order valence-electron chi connectivity index (χ3n) is 7.87. The monoisotopic (exact) mass is 584 g/mol. The van der Waals surface area contributed by atoms with Crippen LogP contribution in [0.3, 0.4) is 0 Å². The molecule has 6 rings (SSSR count). The molecule has 0 radical (unpaired) electrons. The number of rotatable bonds is 5. The number of hydrogen-bond donors (Lipinski definition) is 0. The van der Waals surface area contributed by atoms with Gasteiger partial charge in [0, 0.05) is 44.1 Å². The molecule has 0 spiro atoms. The number of sulfone groups is 1. The van der Waals surface area contributed by atoms with Gasteiger partial charge in [-0.15, -0.1) is 5.10 Å². The molecular weight excluding hydrogens is 558 g/mol. The molecule has 5 aromatic rings. The number of aromatic nitrogens is 6. The molecule has 0 amide bonds. The Balaban J connectivity index is 1.75. The molecule has 12 heteroatoms. The smallest absolute Gasteiger partial charge is 0.248 e. The van der Waals surface area contributed by atoms with E-state index in [-0.39, 0.29) is 41.6 Å². The van der Waals surface area contributed by atoms with Crippen molar-refractivity contribution in [1.29, 1.82) is 0 Å². The summed E-state index contributed by atoms with van der Waals surface area (Å²) in [4.78, 5) is 8.98. The highest BCUT2D eigenvalue weighted by molar-refractivity contribution is 7.91. The summed E-state index contributed by atoms with van der Waals surface area (Å²) < 4.78 is 58.5. The van der Waals surface area contributed by atoms with E-state index in [0.717, 1.165) is 23.1 Å². The van der Waals surface area contributed by atoms with Gasteiger partial charge in [-0.3, -0.25) is 4.98 Å². The van der Waals surface area contributed by atoms with Gasteiger partial charge in [0.2, 0.25) is 5.92 Å². The number of aryl methyl sites for hydroxylation is 2. The SMILES string of the molecule is Cc1nnn(C)c1-c1cnc2c3c(Cl)ncc(S(C)(=O)=O)c3n(C(c3ccccc3)C3CCC(F)(F)CC3)c2c1. The second-order valence-corrected chi connectivity index (χ2v) is 12.9. The van der Waals surface area contributed by atoms with Crippen molar-refractivity contribution in [3.05, 3.63) is 65.2 Å². The van der Waals surface area contributed by atoms with Crippen LogP contribution in [0.15, 0.2) is 53.7 Å². The van der Waals surface area contributed by atoms with Crippen molar-refractivity contribution in [3.8, 4) is 11.3 Å². The number of hydrogen-bond acceptors (Lipinski definition) is 6. The van der Waals surface area contributed by atoms with Crippen LogP contribution in [0.2, 0.25) is 5.15 Å². The Morgan fingerprint density at radius 1 is 1.10 bits per heavy atom. The van der Waals surface area contributed by atoms with E-state index in [1.165, 1.54) is 6.20 Å². The second-order valence-electron chi connectivity index (χ2n) is 10.6. The molecule has 40 heavy (non-hydrogen) atoms. The maximum atomic E-state index is 14.3. The second kappa shape index (κ2) is 9.59. The van der Waals surface area contributed by atoms with Crippen LogP contribution in [0.1, 0.15) is 43.0 Å². The average molecular weight is 585 g/mol. The van der Waals surface area contributed by atoms with Crippen molar-refractivity contribution in [2.75, 3.05) is 6.26 Å². The average Bonchev–Trinajstić information content (AvgIpc) is 3.42. The largest absolute Gasteiger partial charge is 0.330 e. The zero-order valence-electron chi connectivity index (χ0n) is 22.1. The van der Waals surface area contributed by atoms with Gasteiger partial charge < -0.3 is 4.57 Å². The highest BCUT2D eigenvalue weighted by Gasteiger charge is 2.40. The summed E-state index contributed by atoms with van der Waals surface area (Å²) >= 11 is 6.65. The van der Waals surface area contributed by atoms with Gasteiger partial charge in [-0.05, 0) is 37.3 Å². The fourth-order valence-corrected chi connectivity index (χ4v) is 7.09. The molecule has 0 bridgehead atoms. The van der Waals surface area contributed by atoms with Crippen LogP contribution in [0.5, 0.6) is 0 Å². The van der Waals surface area contributed by atoms with E-state index in [0.29, 0.717) is 27.6 Å². The van der Waals surface area contributed by atoms with Crippen molar-refractivity contribution in [3.63, 3.8) is 0 Å². The molecule has 1 saturated carbocycles. The normalized spacial score (nSPS) is 17.1. The van der Waals surface area contributed by atoms with Gasteiger partial charge in [0.1, 0.15) is 10.0 Å². The quantitative estimate of drug-likeness (QED) is 0.230. The van der Waals surface area contributed by atoms with Gasteiger partial charge in [0.05, 0.1) is 39.4 Å². The number of nitrogens with zero attached hydrogens (tertiary/aromatic N) is 6. The first-order valence-electron chi connectivity index (χ1n) is 12.9. The topological polar surface area (TPSA) is 95.6 Å². The molecule has 208 valence electrons. The van der Waals surface area contributed by atoms with Gasteiger partial charge in [-0.1, -0.05) is 47.1 Å². The van der Waals surface area contributed by atoms with Gasteiger partial charge in [-0.2, -0.15) is 0 Å². The first kappa shape index (κ1) is 26.8. The third-order valence-corrected chi connectivity index (χ3v) is 9.26. The van der Waals surface area contributed by atoms with E-state index in [1.54, 1.807) is 17.9 Å². The Labute approximate surface area is 234 Å². The summed E-state index contributed by atoms with van der Waals surface area (Å²) in [6.07, 6.45) is 4.16. The van der Waals surface area contributed by atoms with Crippen LogP contribution < -0.4 is 0 Å². The van der Waals surface area contributed by atoms with Crippen LogP contribution in [0.25, 0.3) is 33.2 Å². The lowest BCUT2D eigenvalue weighted by Crippen LogP contribution is -2.30. The molecule has 1 aliphatic rings. The number of pyridine rings is 2. The molecule has 1 fully saturated rings. The zero-order chi connectivity index (χ0) is 28.4. The van der Waals surface area contributed by atoms with Crippen LogP contribution in [0, 0.1) is 12.8 Å². The molecule has 0 saturated heterocycles. The molecule has 8 nitrogen and oxygen atoms in total. The highest BCUT2D eigenvalue weighted by Crippen LogP contribution is 2.47. The minimum absolute atomic E-state index is 0.00639. The molecule has 0 aliphatic heterocycles. The van der Waals surface area contributed by atoms with Crippen LogP contribution in [0.4, 0.5) is 8.78 Å². The molecule has 1 atom stereocenters. The van der Waals surface area contributed by atoms with Gasteiger partial charge in [0.25, 0.3) is 0 Å². The van der Waals surface area contributed by atoms with E-state index >= 15 is 0 Å². The number of halogens is 3. The maximum Gasteiger partial charge on any atom is 0.248 e. The number of benzene rings is 1. The summed E-state index contributed by atoms with van der Waals surface area (Å²) in [6.45, 7) is 1.85. The zero-order valence-corrected chi connectivity index (χ0v) is 23.7. The van der Waals surface area contributed by atoms with E-state index in [2.05, 4.69) is 15.3 Å². The summed E-state index contributed by atoms with van der Waals surface area (Å²) in [5, 5.41) is 8.81. The molecule has 1 unspecified atom stereocenters. The fraction of sp³-hybridized carbons (Fsp3) is 0.357.